The molecule has 3 rings (SSSR count). The molecule has 2 heterocycles. The minimum Gasteiger partial charge on any atom is -0.447 e. The molecule has 100 valence electrons. The number of esters is 1. The van der Waals surface area contributed by atoms with Gasteiger partial charge in [0.25, 0.3) is 0 Å². The van der Waals surface area contributed by atoms with Crippen molar-refractivity contribution in [2.24, 2.45) is 0 Å². The van der Waals surface area contributed by atoms with E-state index in [0.29, 0.717) is 0 Å². The lowest BCUT2D eigenvalue weighted by Gasteiger charge is -2.27. The second-order valence-corrected chi connectivity index (χ2v) is 4.87. The summed E-state index contributed by atoms with van der Waals surface area (Å²) in [5.41, 5.74) is 1.56. The summed E-state index contributed by atoms with van der Waals surface area (Å²) in [4.78, 5) is 15.5. The third-order valence-electron chi connectivity index (χ3n) is 3.57. The summed E-state index contributed by atoms with van der Waals surface area (Å²) in [7, 11) is 0. The van der Waals surface area contributed by atoms with Crippen molar-refractivity contribution in [2.45, 2.75) is 18.4 Å². The van der Waals surface area contributed by atoms with Crippen molar-refractivity contribution in [1.29, 1.82) is 0 Å². The van der Waals surface area contributed by atoms with E-state index in [1.165, 1.54) is 11.6 Å². The third kappa shape index (κ3) is 2.48. The lowest BCUT2D eigenvalue weighted by Crippen LogP contribution is -2.26. The zero-order valence-corrected chi connectivity index (χ0v) is 11.0. The minimum absolute atomic E-state index is 0.274. The van der Waals surface area contributed by atoms with Crippen LogP contribution in [-0.2, 0) is 21.6 Å². The van der Waals surface area contributed by atoms with Crippen LogP contribution in [0.5, 0.6) is 0 Å². The van der Waals surface area contributed by atoms with Gasteiger partial charge in [-0.15, -0.1) is 0 Å². The molecule has 1 aromatic carbocycles. The standard InChI is InChI=1S/C17H15NO2/c19-16-7-11-17(20-16,15-4-2-1-3-5-15)10-6-14-8-12-18-13-9-14/h1-5,7-9,11-13H,6,10H2. The van der Waals surface area contributed by atoms with Crippen LogP contribution in [0.2, 0.25) is 0 Å². The van der Waals surface area contributed by atoms with Crippen molar-refractivity contribution in [1.82, 2.24) is 4.98 Å². The maximum atomic E-state index is 11.5. The van der Waals surface area contributed by atoms with Gasteiger partial charge in [-0.2, -0.15) is 0 Å². The average molecular weight is 265 g/mol. The highest BCUT2D eigenvalue weighted by atomic mass is 16.6. The number of carbonyl (C=O) groups is 1. The smallest absolute Gasteiger partial charge is 0.331 e. The number of cyclic esters (lactones) is 1. The monoisotopic (exact) mass is 265 g/mol. The van der Waals surface area contributed by atoms with Crippen molar-refractivity contribution >= 4 is 5.97 Å². The first-order valence-electron chi connectivity index (χ1n) is 6.65. The Morgan fingerprint density at radius 1 is 1.05 bits per heavy atom. The number of carbonyl (C=O) groups excluding carboxylic acids is 1. The fourth-order valence-corrected chi connectivity index (χ4v) is 2.48. The van der Waals surface area contributed by atoms with Crippen molar-refractivity contribution in [3.8, 4) is 0 Å². The number of nitrogens with zero attached hydrogens (tertiary/aromatic N) is 1. The van der Waals surface area contributed by atoms with Crippen molar-refractivity contribution in [3.63, 3.8) is 0 Å². The fraction of sp³-hybridized carbons (Fsp3) is 0.176. The van der Waals surface area contributed by atoms with Crippen LogP contribution in [0.1, 0.15) is 17.5 Å². The largest absolute Gasteiger partial charge is 0.447 e. The summed E-state index contributed by atoms with van der Waals surface area (Å²) in [6.45, 7) is 0. The normalized spacial score (nSPS) is 20.9. The first kappa shape index (κ1) is 12.6. The van der Waals surface area contributed by atoms with Crippen LogP contribution >= 0.6 is 0 Å². The van der Waals surface area contributed by atoms with E-state index >= 15 is 0 Å². The van der Waals surface area contributed by atoms with Crippen LogP contribution in [-0.4, -0.2) is 11.0 Å². The summed E-state index contributed by atoms with van der Waals surface area (Å²) in [6.07, 6.45) is 8.49. The maximum absolute atomic E-state index is 11.5. The van der Waals surface area contributed by atoms with Crippen molar-refractivity contribution < 1.29 is 9.53 Å². The second kappa shape index (κ2) is 5.29. The highest BCUT2D eigenvalue weighted by Crippen LogP contribution is 2.36. The first-order valence-corrected chi connectivity index (χ1v) is 6.65. The lowest BCUT2D eigenvalue weighted by molar-refractivity contribution is -0.146. The molecule has 0 amide bonds. The number of hydrogen-bond donors (Lipinski definition) is 0. The molecular formula is C17H15NO2. The highest BCUT2D eigenvalue weighted by Gasteiger charge is 2.36. The molecule has 0 aliphatic carbocycles. The molecule has 3 nitrogen and oxygen atoms in total. The molecule has 1 aromatic heterocycles. The summed E-state index contributed by atoms with van der Waals surface area (Å²) in [6, 6.07) is 13.8. The van der Waals surface area contributed by atoms with Gasteiger partial charge < -0.3 is 4.74 Å². The molecule has 20 heavy (non-hydrogen) atoms. The topological polar surface area (TPSA) is 39.2 Å². The van der Waals surface area contributed by atoms with E-state index in [2.05, 4.69) is 4.98 Å². The van der Waals surface area contributed by atoms with Gasteiger partial charge in [-0.3, -0.25) is 4.98 Å². The molecule has 0 bridgehead atoms. The molecule has 1 unspecified atom stereocenters. The van der Waals surface area contributed by atoms with Gasteiger partial charge >= 0.3 is 5.97 Å². The number of aryl methyl sites for hydroxylation is 1. The molecule has 0 spiro atoms. The Labute approximate surface area is 117 Å². The molecule has 0 radical (unpaired) electrons. The Hall–Kier alpha value is -2.42. The summed E-state index contributed by atoms with van der Waals surface area (Å²) in [5, 5.41) is 0. The Morgan fingerprint density at radius 3 is 2.45 bits per heavy atom. The van der Waals surface area contributed by atoms with Gasteiger partial charge in [0.2, 0.25) is 0 Å². The van der Waals surface area contributed by atoms with Crippen LogP contribution in [0, 0.1) is 0 Å². The van der Waals surface area contributed by atoms with Crippen LogP contribution in [0.4, 0.5) is 0 Å². The zero-order valence-electron chi connectivity index (χ0n) is 11.0. The van der Waals surface area contributed by atoms with E-state index in [9.17, 15) is 4.79 Å². The SMILES string of the molecule is O=C1C=CC(CCc2ccncc2)(c2ccccc2)O1. The minimum atomic E-state index is -0.637. The molecule has 0 saturated carbocycles. The Morgan fingerprint density at radius 2 is 1.80 bits per heavy atom. The predicted octanol–water partition coefficient (Wildman–Crippen LogP) is 3.02. The Bertz CT molecular complexity index is 622. The van der Waals surface area contributed by atoms with Gasteiger partial charge in [0.1, 0.15) is 0 Å². The fourth-order valence-electron chi connectivity index (χ4n) is 2.48. The number of benzene rings is 1. The number of aromatic nitrogens is 1. The number of ether oxygens (including phenoxy) is 1. The van der Waals surface area contributed by atoms with Crippen molar-refractivity contribution in [2.75, 3.05) is 0 Å². The number of hydrogen-bond acceptors (Lipinski definition) is 3. The van der Waals surface area contributed by atoms with Crippen LogP contribution in [0.25, 0.3) is 0 Å². The third-order valence-corrected chi connectivity index (χ3v) is 3.57. The van der Waals surface area contributed by atoms with E-state index in [1.807, 2.05) is 48.5 Å². The van der Waals surface area contributed by atoms with Gasteiger partial charge in [0.15, 0.2) is 5.60 Å². The number of pyridine rings is 1. The molecule has 1 aliphatic rings. The van der Waals surface area contributed by atoms with Crippen molar-refractivity contribution in [3.05, 3.63) is 78.1 Å². The molecule has 1 atom stereocenters. The predicted molar refractivity (Wildman–Crippen MR) is 75.9 cm³/mol. The van der Waals surface area contributed by atoms with Gasteiger partial charge in [-0.1, -0.05) is 30.3 Å². The molecule has 1 aliphatic heterocycles. The van der Waals surface area contributed by atoms with Gasteiger partial charge in [0, 0.05) is 18.5 Å². The summed E-state index contributed by atoms with van der Waals surface area (Å²) < 4.78 is 5.59. The molecule has 0 N–H and O–H groups in total. The van der Waals surface area contributed by atoms with E-state index in [-0.39, 0.29) is 5.97 Å². The summed E-state index contributed by atoms with van der Waals surface area (Å²) in [5.74, 6) is -0.274. The summed E-state index contributed by atoms with van der Waals surface area (Å²) >= 11 is 0. The van der Waals surface area contributed by atoms with E-state index < -0.39 is 5.60 Å². The van der Waals surface area contributed by atoms with E-state index in [4.69, 9.17) is 4.74 Å². The Balaban J connectivity index is 1.85. The van der Waals surface area contributed by atoms with E-state index in [0.717, 1.165) is 18.4 Å². The maximum Gasteiger partial charge on any atom is 0.331 e. The quantitative estimate of drug-likeness (QED) is 0.798. The van der Waals surface area contributed by atoms with Gasteiger partial charge in [0.05, 0.1) is 0 Å². The molecular weight excluding hydrogens is 250 g/mol. The van der Waals surface area contributed by atoms with Crippen LogP contribution < -0.4 is 0 Å². The van der Waals surface area contributed by atoms with Gasteiger partial charge in [-0.05, 0) is 42.2 Å². The molecule has 3 heteroatoms. The van der Waals surface area contributed by atoms with Crippen LogP contribution in [0.15, 0.2) is 67.0 Å². The van der Waals surface area contributed by atoms with Gasteiger partial charge in [-0.25, -0.2) is 4.79 Å². The first-order chi connectivity index (χ1) is 9.78. The Kier molecular flexibility index (Phi) is 3.33. The van der Waals surface area contributed by atoms with E-state index in [1.54, 1.807) is 12.4 Å². The zero-order chi connectivity index (χ0) is 13.8. The molecule has 0 fully saturated rings. The number of rotatable bonds is 4. The molecule has 0 saturated heterocycles. The van der Waals surface area contributed by atoms with Crippen LogP contribution in [0.3, 0.4) is 0 Å². The molecule has 2 aromatic rings. The highest BCUT2D eigenvalue weighted by molar-refractivity contribution is 5.85. The lowest BCUT2D eigenvalue weighted by atomic mass is 9.88. The average Bonchev–Trinajstić information content (AvgIpc) is 2.90. The second-order valence-electron chi connectivity index (χ2n) is 4.87.